The molecule has 0 fully saturated rings. The van der Waals surface area contributed by atoms with Crippen molar-refractivity contribution in [2.24, 2.45) is 10.3 Å². The second-order valence-electron chi connectivity index (χ2n) is 6.50. The summed E-state index contributed by atoms with van der Waals surface area (Å²) in [5, 5.41) is 11.3. The van der Waals surface area contributed by atoms with Crippen molar-refractivity contribution in [3.8, 4) is 0 Å². The van der Waals surface area contributed by atoms with Crippen molar-refractivity contribution >= 4 is 28.3 Å². The summed E-state index contributed by atoms with van der Waals surface area (Å²) < 4.78 is 0. The highest BCUT2D eigenvalue weighted by Gasteiger charge is 2.32. The molecule has 0 unspecified atom stereocenters. The molecule has 1 aliphatic heterocycles. The zero-order valence-electron chi connectivity index (χ0n) is 14.9. The van der Waals surface area contributed by atoms with Crippen molar-refractivity contribution in [2.75, 3.05) is 41.3 Å². The van der Waals surface area contributed by atoms with E-state index in [1.807, 2.05) is 37.2 Å². The molecule has 7 heteroatoms. The van der Waals surface area contributed by atoms with E-state index in [0.29, 0.717) is 35.3 Å². The maximum atomic E-state index is 12.9. The van der Waals surface area contributed by atoms with Gasteiger partial charge in [0, 0.05) is 38.1 Å². The van der Waals surface area contributed by atoms with E-state index in [0.717, 1.165) is 5.39 Å². The van der Waals surface area contributed by atoms with Crippen LogP contribution < -0.4 is 0 Å². The molecule has 2 aromatic carbocycles. The van der Waals surface area contributed by atoms with Crippen molar-refractivity contribution in [3.63, 3.8) is 0 Å². The van der Waals surface area contributed by atoms with Gasteiger partial charge < -0.3 is 4.90 Å². The highest BCUT2D eigenvalue weighted by Crippen LogP contribution is 2.33. The molecule has 0 N–H and O–H groups in total. The van der Waals surface area contributed by atoms with Crippen LogP contribution in [0.3, 0.4) is 0 Å². The summed E-state index contributed by atoms with van der Waals surface area (Å²) in [5.74, 6) is -0.523. The van der Waals surface area contributed by atoms with Crippen LogP contribution in [0.4, 0.5) is 5.69 Å². The minimum Gasteiger partial charge on any atom is -0.308 e. The van der Waals surface area contributed by atoms with E-state index >= 15 is 0 Å². The largest absolute Gasteiger partial charge is 0.308 e. The number of nitrogens with zero attached hydrogens (tertiary/aromatic N) is 5. The van der Waals surface area contributed by atoms with E-state index in [1.165, 1.54) is 4.90 Å². The summed E-state index contributed by atoms with van der Waals surface area (Å²) in [6.07, 6.45) is 0. The molecule has 0 aromatic heterocycles. The van der Waals surface area contributed by atoms with Crippen LogP contribution in [0.5, 0.6) is 0 Å². The molecule has 1 heterocycles. The van der Waals surface area contributed by atoms with Gasteiger partial charge in [0.2, 0.25) is 0 Å². The molecule has 2 aromatic rings. The van der Waals surface area contributed by atoms with Gasteiger partial charge in [-0.25, -0.2) is 0 Å². The molecular weight excluding hydrogens is 318 g/mol. The molecule has 7 nitrogen and oxygen atoms in total. The van der Waals surface area contributed by atoms with Gasteiger partial charge in [0.15, 0.2) is 0 Å². The summed E-state index contributed by atoms with van der Waals surface area (Å²) >= 11 is 0. The lowest BCUT2D eigenvalue weighted by Crippen LogP contribution is -2.43. The second kappa shape index (κ2) is 6.60. The number of likely N-dealkylation sites (N-methyl/N-ethyl adjacent to an activating group) is 1. The maximum Gasteiger partial charge on any atom is 0.261 e. The number of carbonyl (C=O) groups excluding carboxylic acids is 2. The van der Waals surface area contributed by atoms with Crippen LogP contribution in [0.15, 0.2) is 40.7 Å². The zero-order valence-corrected chi connectivity index (χ0v) is 14.9. The summed E-state index contributed by atoms with van der Waals surface area (Å²) in [6.45, 7) is 0.965. The van der Waals surface area contributed by atoms with Gasteiger partial charge in [-0.2, -0.15) is 0 Å². The summed E-state index contributed by atoms with van der Waals surface area (Å²) in [5.41, 5.74) is 1.64. The fraction of sp³-hybridized carbons (Fsp3) is 0.333. The quantitative estimate of drug-likeness (QED) is 0.477. The Labute approximate surface area is 146 Å². The topological polar surface area (TPSA) is 68.6 Å². The van der Waals surface area contributed by atoms with E-state index in [9.17, 15) is 9.59 Å². The molecule has 0 atom stereocenters. The molecule has 0 aliphatic carbocycles. The van der Waals surface area contributed by atoms with E-state index in [2.05, 4.69) is 10.3 Å². The molecule has 130 valence electrons. The molecule has 25 heavy (non-hydrogen) atoms. The molecule has 2 amide bonds. The first kappa shape index (κ1) is 17.0. The van der Waals surface area contributed by atoms with Gasteiger partial charge in [-0.3, -0.25) is 19.5 Å². The molecule has 1 aliphatic rings. The zero-order chi connectivity index (χ0) is 18.1. The monoisotopic (exact) mass is 339 g/mol. The molecule has 0 bridgehead atoms. The molecular formula is C18H21N5O2. The maximum absolute atomic E-state index is 12.9. The Morgan fingerprint density at radius 1 is 1.00 bits per heavy atom. The molecule has 3 rings (SSSR count). The van der Waals surface area contributed by atoms with E-state index in [-0.39, 0.29) is 11.8 Å². The van der Waals surface area contributed by atoms with Crippen molar-refractivity contribution in [2.45, 2.75) is 0 Å². The minimum atomic E-state index is -0.280. The van der Waals surface area contributed by atoms with Crippen LogP contribution >= 0.6 is 0 Å². The lowest BCUT2D eigenvalue weighted by molar-refractivity contribution is 0.0601. The average Bonchev–Trinajstić information content (AvgIpc) is 2.57. The molecule has 0 saturated heterocycles. The van der Waals surface area contributed by atoms with Gasteiger partial charge in [-0.1, -0.05) is 17.4 Å². The van der Waals surface area contributed by atoms with Crippen LogP contribution in [0.2, 0.25) is 0 Å². The minimum absolute atomic E-state index is 0.243. The van der Waals surface area contributed by atoms with Crippen molar-refractivity contribution in [3.05, 3.63) is 41.5 Å². The predicted octanol–water partition coefficient (Wildman–Crippen LogP) is 2.56. The Bertz CT molecular complexity index is 873. The van der Waals surface area contributed by atoms with E-state index in [4.69, 9.17) is 0 Å². The second-order valence-corrected chi connectivity index (χ2v) is 6.50. The fourth-order valence-electron chi connectivity index (χ4n) is 2.84. The van der Waals surface area contributed by atoms with E-state index in [1.54, 1.807) is 31.2 Å². The van der Waals surface area contributed by atoms with Crippen LogP contribution in [-0.4, -0.2) is 67.9 Å². The molecule has 0 saturated carbocycles. The first-order chi connectivity index (χ1) is 11.9. The average molecular weight is 339 g/mol. The fourth-order valence-corrected chi connectivity index (χ4v) is 2.84. The van der Waals surface area contributed by atoms with Gasteiger partial charge in [0.25, 0.3) is 11.8 Å². The smallest absolute Gasteiger partial charge is 0.261 e. The van der Waals surface area contributed by atoms with E-state index < -0.39 is 0 Å². The number of rotatable bonds is 5. The summed E-state index contributed by atoms with van der Waals surface area (Å²) in [6, 6.07) is 9.02. The van der Waals surface area contributed by atoms with Gasteiger partial charge >= 0.3 is 0 Å². The molecule has 0 radical (unpaired) electrons. The number of amides is 2. The highest BCUT2D eigenvalue weighted by molar-refractivity contribution is 6.25. The van der Waals surface area contributed by atoms with Crippen molar-refractivity contribution in [1.29, 1.82) is 0 Å². The van der Waals surface area contributed by atoms with Gasteiger partial charge in [0.05, 0.1) is 11.3 Å². The SMILES string of the molecule is CN(C)CCN1C(=O)c2cccc3cc(/N=N/N(C)C)cc(c23)C1=O. The van der Waals surface area contributed by atoms with Gasteiger partial charge in [0.1, 0.15) is 0 Å². The van der Waals surface area contributed by atoms with Crippen molar-refractivity contribution < 1.29 is 9.59 Å². The Morgan fingerprint density at radius 2 is 1.72 bits per heavy atom. The number of hydrogen-bond acceptors (Lipinski definition) is 5. The Morgan fingerprint density at radius 3 is 2.40 bits per heavy atom. The summed E-state index contributed by atoms with van der Waals surface area (Å²) in [4.78, 5) is 28.9. The lowest BCUT2D eigenvalue weighted by Gasteiger charge is -2.28. The number of benzene rings is 2. The van der Waals surface area contributed by atoms with Crippen LogP contribution in [0.25, 0.3) is 10.8 Å². The Hall–Kier alpha value is -2.80. The standard InChI is InChI=1S/C18H21N5O2/c1-21(2)8-9-23-17(24)14-7-5-6-12-10-13(19-20-22(3)4)11-15(16(12)14)18(23)25/h5-7,10-11H,8-9H2,1-4H3/b20-19+. The first-order valence-electron chi connectivity index (χ1n) is 8.05. The highest BCUT2D eigenvalue weighted by atomic mass is 16.2. The van der Waals surface area contributed by atoms with Gasteiger partial charge in [-0.05, 0) is 37.7 Å². The normalized spacial score (nSPS) is 14.2. The summed E-state index contributed by atoms with van der Waals surface area (Å²) in [7, 11) is 7.37. The Balaban J connectivity index is 2.12. The number of imide groups is 1. The van der Waals surface area contributed by atoms with Gasteiger partial charge in [-0.15, -0.1) is 5.11 Å². The third-order valence-electron chi connectivity index (χ3n) is 4.02. The third kappa shape index (κ3) is 3.23. The van der Waals surface area contributed by atoms with Crippen LogP contribution in [-0.2, 0) is 0 Å². The van der Waals surface area contributed by atoms with Crippen LogP contribution in [0, 0.1) is 0 Å². The lowest BCUT2D eigenvalue weighted by atomic mass is 9.93. The first-order valence-corrected chi connectivity index (χ1v) is 8.05. The number of hydrogen-bond donors (Lipinski definition) is 0. The Kier molecular flexibility index (Phi) is 4.50. The predicted molar refractivity (Wildman–Crippen MR) is 96.1 cm³/mol. The molecule has 0 spiro atoms. The third-order valence-corrected chi connectivity index (χ3v) is 4.02. The van der Waals surface area contributed by atoms with Crippen LogP contribution in [0.1, 0.15) is 20.7 Å². The number of carbonyl (C=O) groups is 2. The van der Waals surface area contributed by atoms with Crippen molar-refractivity contribution in [1.82, 2.24) is 14.8 Å².